The lowest BCUT2D eigenvalue weighted by atomic mass is 9.97. The van der Waals surface area contributed by atoms with Crippen molar-refractivity contribution in [2.45, 2.75) is 12.8 Å². The highest BCUT2D eigenvalue weighted by atomic mass is 35.5. The number of nitrogens with one attached hydrogen (secondary N) is 1. The second-order valence-corrected chi connectivity index (χ2v) is 8.53. The van der Waals surface area contributed by atoms with E-state index < -0.39 is 10.0 Å². The van der Waals surface area contributed by atoms with Gasteiger partial charge >= 0.3 is 0 Å². The molecule has 0 aliphatic carbocycles. The molecule has 2 rings (SSSR count). The van der Waals surface area contributed by atoms with E-state index in [1.807, 2.05) is 0 Å². The summed E-state index contributed by atoms with van der Waals surface area (Å²) in [6.07, 6.45) is 0.951. The fourth-order valence-electron chi connectivity index (χ4n) is 2.54. The number of hydrogen-bond donors (Lipinski definition) is 1. The van der Waals surface area contributed by atoms with Gasteiger partial charge in [-0.3, -0.25) is 4.79 Å². The number of rotatable bonds is 6. The van der Waals surface area contributed by atoms with Crippen molar-refractivity contribution in [3.63, 3.8) is 0 Å². The summed E-state index contributed by atoms with van der Waals surface area (Å²) in [5.41, 5.74) is 0.501. The molecule has 0 aromatic heterocycles. The molecule has 1 saturated heterocycles. The highest BCUT2D eigenvalue weighted by molar-refractivity contribution is 7.89. The van der Waals surface area contributed by atoms with Crippen LogP contribution in [0.3, 0.4) is 0 Å². The number of hydrogen-bond acceptors (Lipinski definition) is 4. The Balaban J connectivity index is 1.91. The molecular weight excluding hydrogens is 375 g/mol. The molecule has 1 N–H and O–H groups in total. The topological polar surface area (TPSA) is 75.7 Å². The van der Waals surface area contributed by atoms with Gasteiger partial charge in [0, 0.05) is 31.1 Å². The van der Waals surface area contributed by atoms with E-state index in [1.165, 1.54) is 11.4 Å². The zero-order chi connectivity index (χ0) is 17.7. The predicted octanol–water partition coefficient (Wildman–Crippen LogP) is 2.62. The van der Waals surface area contributed by atoms with Crippen molar-refractivity contribution >= 4 is 44.8 Å². The van der Waals surface area contributed by atoms with Crippen LogP contribution in [0.4, 0.5) is 5.69 Å². The number of anilines is 1. The van der Waals surface area contributed by atoms with Gasteiger partial charge in [-0.05, 0) is 31.0 Å². The zero-order valence-corrected chi connectivity index (χ0v) is 15.6. The van der Waals surface area contributed by atoms with Crippen molar-refractivity contribution in [2.75, 3.05) is 37.9 Å². The molecule has 9 heteroatoms. The van der Waals surface area contributed by atoms with Crippen LogP contribution in [-0.2, 0) is 19.6 Å². The standard InChI is InChI=1S/C15H20Cl2N2O4S/c1-23-8-9-24(21,22)19-6-4-11(5-7-19)15(20)18-14-3-2-12(16)10-13(14)17/h2-3,10-11H,4-9H2,1H3,(H,18,20). The SMILES string of the molecule is COCCS(=O)(=O)N1CCC(C(=O)Nc2ccc(Cl)cc2Cl)CC1. The first kappa shape index (κ1) is 19.5. The van der Waals surface area contributed by atoms with Crippen LogP contribution in [0.5, 0.6) is 0 Å². The van der Waals surface area contributed by atoms with E-state index in [1.54, 1.807) is 18.2 Å². The second kappa shape index (κ2) is 8.49. The van der Waals surface area contributed by atoms with Crippen LogP contribution in [-0.4, -0.2) is 51.2 Å². The Labute approximate surface area is 152 Å². The fraction of sp³-hybridized carbons (Fsp3) is 0.533. The number of nitrogens with zero attached hydrogens (tertiary/aromatic N) is 1. The monoisotopic (exact) mass is 394 g/mol. The van der Waals surface area contributed by atoms with E-state index in [-0.39, 0.29) is 24.2 Å². The molecule has 0 saturated carbocycles. The van der Waals surface area contributed by atoms with Gasteiger partial charge in [-0.25, -0.2) is 12.7 Å². The minimum Gasteiger partial charge on any atom is -0.384 e. The molecule has 24 heavy (non-hydrogen) atoms. The Morgan fingerprint density at radius 3 is 2.58 bits per heavy atom. The molecule has 0 bridgehead atoms. The number of benzene rings is 1. The Bertz CT molecular complexity index is 689. The smallest absolute Gasteiger partial charge is 0.227 e. The molecule has 0 atom stereocenters. The maximum Gasteiger partial charge on any atom is 0.227 e. The lowest BCUT2D eigenvalue weighted by Gasteiger charge is -2.30. The summed E-state index contributed by atoms with van der Waals surface area (Å²) in [5.74, 6) is -0.445. The average molecular weight is 395 g/mol. The fourth-order valence-corrected chi connectivity index (χ4v) is 4.40. The largest absolute Gasteiger partial charge is 0.384 e. The summed E-state index contributed by atoms with van der Waals surface area (Å²) in [6.45, 7) is 0.828. The third-order valence-corrected chi connectivity index (χ3v) is 6.33. The molecule has 1 aliphatic rings. The van der Waals surface area contributed by atoms with E-state index >= 15 is 0 Å². The number of methoxy groups -OCH3 is 1. The van der Waals surface area contributed by atoms with Gasteiger partial charge in [-0.1, -0.05) is 23.2 Å². The molecule has 0 unspecified atom stereocenters. The van der Waals surface area contributed by atoms with Crippen LogP contribution in [0, 0.1) is 5.92 Å². The van der Waals surface area contributed by atoms with Crippen LogP contribution in [0.1, 0.15) is 12.8 Å². The quantitative estimate of drug-likeness (QED) is 0.804. The number of carbonyl (C=O) groups excluding carboxylic acids is 1. The second-order valence-electron chi connectivity index (χ2n) is 5.60. The summed E-state index contributed by atoms with van der Waals surface area (Å²) in [6, 6.07) is 4.85. The molecule has 1 aromatic rings. The Morgan fingerprint density at radius 2 is 2.00 bits per heavy atom. The van der Waals surface area contributed by atoms with E-state index in [2.05, 4.69) is 5.32 Å². The van der Waals surface area contributed by atoms with Crippen molar-refractivity contribution in [3.05, 3.63) is 28.2 Å². The van der Waals surface area contributed by atoms with Gasteiger partial charge in [0.2, 0.25) is 15.9 Å². The van der Waals surface area contributed by atoms with Crippen LogP contribution >= 0.6 is 23.2 Å². The molecule has 1 amide bonds. The number of amides is 1. The third kappa shape index (κ3) is 5.07. The van der Waals surface area contributed by atoms with Gasteiger partial charge in [0.05, 0.1) is 23.1 Å². The van der Waals surface area contributed by atoms with Crippen LogP contribution < -0.4 is 5.32 Å². The molecule has 6 nitrogen and oxygen atoms in total. The van der Waals surface area contributed by atoms with Crippen molar-refractivity contribution < 1.29 is 17.9 Å². The van der Waals surface area contributed by atoms with E-state index in [9.17, 15) is 13.2 Å². The molecule has 0 spiro atoms. The van der Waals surface area contributed by atoms with Gasteiger partial charge in [-0.15, -0.1) is 0 Å². The maximum atomic E-state index is 12.3. The molecular formula is C15H20Cl2N2O4S. The molecule has 1 heterocycles. The first-order chi connectivity index (χ1) is 11.3. The first-order valence-electron chi connectivity index (χ1n) is 7.56. The summed E-state index contributed by atoms with van der Waals surface area (Å²) in [7, 11) is -1.86. The average Bonchev–Trinajstić information content (AvgIpc) is 2.55. The summed E-state index contributed by atoms with van der Waals surface area (Å²) >= 11 is 11.9. The molecule has 0 radical (unpaired) electrons. The number of carbonyl (C=O) groups is 1. The van der Waals surface area contributed by atoms with Crippen molar-refractivity contribution in [1.82, 2.24) is 4.31 Å². The number of sulfonamides is 1. The zero-order valence-electron chi connectivity index (χ0n) is 13.3. The molecule has 1 aromatic carbocycles. The minimum atomic E-state index is -3.32. The normalized spacial score (nSPS) is 17.0. The lowest BCUT2D eigenvalue weighted by Crippen LogP contribution is -2.42. The lowest BCUT2D eigenvalue weighted by molar-refractivity contribution is -0.120. The van der Waals surface area contributed by atoms with Crippen LogP contribution in [0.15, 0.2) is 18.2 Å². The first-order valence-corrected chi connectivity index (χ1v) is 9.92. The Hall–Kier alpha value is -0.860. The van der Waals surface area contributed by atoms with Crippen molar-refractivity contribution in [1.29, 1.82) is 0 Å². The minimum absolute atomic E-state index is 0.0409. The van der Waals surface area contributed by atoms with Crippen molar-refractivity contribution in [2.24, 2.45) is 5.92 Å². The van der Waals surface area contributed by atoms with Gasteiger partial charge in [-0.2, -0.15) is 0 Å². The molecule has 1 fully saturated rings. The Morgan fingerprint density at radius 1 is 1.33 bits per heavy atom. The van der Waals surface area contributed by atoms with Gasteiger partial charge in [0.1, 0.15) is 0 Å². The number of ether oxygens (including phenoxy) is 1. The Kier molecular flexibility index (Phi) is 6.88. The highest BCUT2D eigenvalue weighted by Crippen LogP contribution is 2.27. The molecule has 1 aliphatic heterocycles. The molecule has 134 valence electrons. The van der Waals surface area contributed by atoms with E-state index in [0.29, 0.717) is 41.7 Å². The summed E-state index contributed by atoms with van der Waals surface area (Å²) in [4.78, 5) is 12.3. The maximum absolute atomic E-state index is 12.3. The number of piperidine rings is 1. The predicted molar refractivity (Wildman–Crippen MR) is 95.1 cm³/mol. The van der Waals surface area contributed by atoms with Crippen LogP contribution in [0.25, 0.3) is 0 Å². The highest BCUT2D eigenvalue weighted by Gasteiger charge is 2.31. The van der Waals surface area contributed by atoms with Gasteiger partial charge < -0.3 is 10.1 Å². The van der Waals surface area contributed by atoms with Gasteiger partial charge in [0.25, 0.3) is 0 Å². The summed E-state index contributed by atoms with van der Waals surface area (Å²) < 4.78 is 30.5. The van der Waals surface area contributed by atoms with E-state index in [4.69, 9.17) is 27.9 Å². The van der Waals surface area contributed by atoms with Crippen molar-refractivity contribution in [3.8, 4) is 0 Å². The van der Waals surface area contributed by atoms with Gasteiger partial charge in [0.15, 0.2) is 0 Å². The van der Waals surface area contributed by atoms with E-state index in [0.717, 1.165) is 0 Å². The summed E-state index contributed by atoms with van der Waals surface area (Å²) in [5, 5.41) is 3.64. The number of halogens is 2. The third-order valence-electron chi connectivity index (χ3n) is 3.95. The van der Waals surface area contributed by atoms with Crippen LogP contribution in [0.2, 0.25) is 10.0 Å².